The minimum absolute atomic E-state index is 0.0606. The van der Waals surface area contributed by atoms with E-state index in [0.717, 1.165) is 5.56 Å². The quantitative estimate of drug-likeness (QED) is 0.799. The van der Waals surface area contributed by atoms with Gasteiger partial charge in [0.25, 0.3) is 10.0 Å². The highest BCUT2D eigenvalue weighted by molar-refractivity contribution is 7.89. The van der Waals surface area contributed by atoms with Gasteiger partial charge in [0.15, 0.2) is 5.03 Å². The van der Waals surface area contributed by atoms with E-state index in [4.69, 9.17) is 18.0 Å². The van der Waals surface area contributed by atoms with Gasteiger partial charge in [-0.25, -0.2) is 8.42 Å². The zero-order valence-electron chi connectivity index (χ0n) is 10.8. The van der Waals surface area contributed by atoms with Crippen LogP contribution in [0.4, 0.5) is 0 Å². The summed E-state index contributed by atoms with van der Waals surface area (Å²) in [6.45, 7) is 0.220. The predicted molar refractivity (Wildman–Crippen MR) is 79.6 cm³/mol. The molecular weight excluding hydrogens is 296 g/mol. The molecule has 0 spiro atoms. The third-order valence-electron chi connectivity index (χ3n) is 2.78. The number of thiocarbonyl (C=S) groups is 1. The van der Waals surface area contributed by atoms with Crippen molar-refractivity contribution in [3.63, 3.8) is 0 Å². The van der Waals surface area contributed by atoms with Gasteiger partial charge in [-0.15, -0.1) is 0 Å². The Kier molecular flexibility index (Phi) is 4.17. The van der Waals surface area contributed by atoms with Gasteiger partial charge in [-0.1, -0.05) is 30.4 Å². The summed E-state index contributed by atoms with van der Waals surface area (Å²) in [6.07, 6.45) is 1.40. The Morgan fingerprint density at radius 1 is 1.45 bits per heavy atom. The minimum atomic E-state index is -3.58. The number of H-pyrrole nitrogens is 1. The first-order valence-corrected chi connectivity index (χ1v) is 7.60. The van der Waals surface area contributed by atoms with Crippen LogP contribution in [0.5, 0.6) is 0 Å². The fraction of sp³-hybridized carbons (Fsp3) is 0.167. The smallest absolute Gasteiger partial charge is 0.260 e. The zero-order chi connectivity index (χ0) is 14.8. The van der Waals surface area contributed by atoms with Crippen molar-refractivity contribution in [3.8, 4) is 0 Å². The van der Waals surface area contributed by atoms with Crippen molar-refractivity contribution >= 4 is 27.2 Å². The van der Waals surface area contributed by atoms with Crippen LogP contribution in [0.15, 0.2) is 41.6 Å². The molecule has 3 N–H and O–H groups in total. The summed E-state index contributed by atoms with van der Waals surface area (Å²) in [5.74, 6) is 0. The van der Waals surface area contributed by atoms with E-state index in [-0.39, 0.29) is 16.6 Å². The molecule has 0 atom stereocenters. The molecule has 0 unspecified atom stereocenters. The Hall–Kier alpha value is -1.77. The highest BCUT2D eigenvalue weighted by Crippen LogP contribution is 2.15. The van der Waals surface area contributed by atoms with E-state index < -0.39 is 10.0 Å². The van der Waals surface area contributed by atoms with E-state index in [0.29, 0.717) is 5.56 Å². The van der Waals surface area contributed by atoms with Gasteiger partial charge in [-0.2, -0.15) is 9.40 Å². The fourth-order valence-electron chi connectivity index (χ4n) is 1.72. The monoisotopic (exact) mass is 310 g/mol. The van der Waals surface area contributed by atoms with E-state index in [2.05, 4.69) is 10.2 Å². The molecule has 0 bridgehead atoms. The molecule has 1 aromatic carbocycles. The Labute approximate surface area is 122 Å². The number of nitrogens with zero attached hydrogens (tertiary/aromatic N) is 2. The third kappa shape index (κ3) is 3.03. The summed E-state index contributed by atoms with van der Waals surface area (Å²) in [4.78, 5) is 0.283. The number of aromatic amines is 1. The van der Waals surface area contributed by atoms with E-state index in [9.17, 15) is 8.42 Å². The molecule has 2 rings (SSSR count). The van der Waals surface area contributed by atoms with E-state index in [1.54, 1.807) is 18.2 Å². The standard InChI is InChI=1S/C12H14N4O2S2/c1-16(20(17,18)11-5-6-14-15-11)8-9-3-2-4-10(7-9)12(13)19/h2-7H,8H2,1H3,(H2,13,19)(H,14,15). The Morgan fingerprint density at radius 2 is 2.20 bits per heavy atom. The second kappa shape index (κ2) is 5.70. The second-order valence-electron chi connectivity index (χ2n) is 4.25. The van der Waals surface area contributed by atoms with Crippen LogP contribution in [0.3, 0.4) is 0 Å². The molecule has 106 valence electrons. The van der Waals surface area contributed by atoms with Crippen molar-refractivity contribution in [2.24, 2.45) is 5.73 Å². The summed E-state index contributed by atoms with van der Waals surface area (Å²) >= 11 is 4.91. The zero-order valence-corrected chi connectivity index (χ0v) is 12.4. The molecule has 8 heteroatoms. The lowest BCUT2D eigenvalue weighted by Gasteiger charge is -2.16. The number of nitrogens with two attached hydrogens (primary N) is 1. The minimum Gasteiger partial charge on any atom is -0.389 e. The average Bonchev–Trinajstić information content (AvgIpc) is 2.93. The van der Waals surface area contributed by atoms with E-state index in [1.807, 2.05) is 6.07 Å². The van der Waals surface area contributed by atoms with Crippen LogP contribution in [0.1, 0.15) is 11.1 Å². The molecule has 0 aliphatic rings. The number of nitrogens with one attached hydrogen (secondary N) is 1. The number of rotatable bonds is 5. The van der Waals surface area contributed by atoms with E-state index >= 15 is 0 Å². The van der Waals surface area contributed by atoms with Gasteiger partial charge in [0, 0.05) is 19.2 Å². The molecule has 0 saturated carbocycles. The highest BCUT2D eigenvalue weighted by atomic mass is 32.2. The van der Waals surface area contributed by atoms with Crippen molar-refractivity contribution < 1.29 is 8.42 Å². The Morgan fingerprint density at radius 3 is 2.80 bits per heavy atom. The molecule has 2 aromatic rings. The lowest BCUT2D eigenvalue weighted by atomic mass is 10.1. The molecule has 0 saturated heterocycles. The summed E-state index contributed by atoms with van der Waals surface area (Å²) in [6, 6.07) is 8.59. The lowest BCUT2D eigenvalue weighted by molar-refractivity contribution is 0.463. The first kappa shape index (κ1) is 14.6. The average molecular weight is 310 g/mol. The third-order valence-corrected chi connectivity index (χ3v) is 4.75. The van der Waals surface area contributed by atoms with Crippen LogP contribution >= 0.6 is 12.2 Å². The van der Waals surface area contributed by atoms with Gasteiger partial charge >= 0.3 is 0 Å². The largest absolute Gasteiger partial charge is 0.389 e. The van der Waals surface area contributed by atoms with Crippen LogP contribution in [-0.4, -0.2) is 35.0 Å². The highest BCUT2D eigenvalue weighted by Gasteiger charge is 2.22. The molecule has 1 heterocycles. The lowest BCUT2D eigenvalue weighted by Crippen LogP contribution is -2.27. The molecule has 0 fully saturated rings. The molecular formula is C12H14N4O2S2. The van der Waals surface area contributed by atoms with Crippen LogP contribution < -0.4 is 5.73 Å². The maximum atomic E-state index is 12.2. The SMILES string of the molecule is CN(Cc1cccc(C(N)=S)c1)S(=O)(=O)c1ccn[nH]1. The van der Waals surface area contributed by atoms with Crippen LogP contribution in [0.2, 0.25) is 0 Å². The molecule has 0 aliphatic heterocycles. The normalized spacial score (nSPS) is 11.7. The predicted octanol–water partition coefficient (Wildman–Crippen LogP) is 0.865. The maximum Gasteiger partial charge on any atom is 0.260 e. The summed E-state index contributed by atoms with van der Waals surface area (Å²) in [5, 5.41) is 6.16. The first-order chi connectivity index (χ1) is 9.41. The Bertz CT molecular complexity index is 711. The molecule has 0 amide bonds. The van der Waals surface area contributed by atoms with Gasteiger partial charge in [0.05, 0.1) is 6.20 Å². The van der Waals surface area contributed by atoms with Gasteiger partial charge in [-0.05, 0) is 17.7 Å². The number of hydrogen-bond acceptors (Lipinski definition) is 4. The molecule has 6 nitrogen and oxygen atoms in total. The maximum absolute atomic E-state index is 12.2. The molecule has 20 heavy (non-hydrogen) atoms. The number of benzene rings is 1. The number of hydrogen-bond donors (Lipinski definition) is 2. The molecule has 0 aliphatic carbocycles. The van der Waals surface area contributed by atoms with E-state index in [1.165, 1.54) is 23.6 Å². The Balaban J connectivity index is 2.22. The van der Waals surface area contributed by atoms with Crippen molar-refractivity contribution in [2.45, 2.75) is 11.6 Å². The van der Waals surface area contributed by atoms with Crippen molar-refractivity contribution in [3.05, 3.63) is 47.7 Å². The van der Waals surface area contributed by atoms with Crippen LogP contribution in [0, 0.1) is 0 Å². The second-order valence-corrected chi connectivity index (χ2v) is 6.70. The van der Waals surface area contributed by atoms with Gasteiger partial charge in [0.1, 0.15) is 4.99 Å². The van der Waals surface area contributed by atoms with Crippen molar-refractivity contribution in [1.29, 1.82) is 0 Å². The van der Waals surface area contributed by atoms with Gasteiger partial charge in [0.2, 0.25) is 0 Å². The number of aromatic nitrogens is 2. The van der Waals surface area contributed by atoms with Crippen LogP contribution in [0.25, 0.3) is 0 Å². The van der Waals surface area contributed by atoms with Crippen LogP contribution in [-0.2, 0) is 16.6 Å². The summed E-state index contributed by atoms with van der Waals surface area (Å²) in [7, 11) is -2.07. The van der Waals surface area contributed by atoms with Gasteiger partial charge < -0.3 is 5.73 Å². The molecule has 0 radical (unpaired) electrons. The van der Waals surface area contributed by atoms with Crippen molar-refractivity contribution in [1.82, 2.24) is 14.5 Å². The molecule has 1 aromatic heterocycles. The first-order valence-electron chi connectivity index (χ1n) is 5.76. The summed E-state index contributed by atoms with van der Waals surface area (Å²) in [5.41, 5.74) is 7.08. The fourth-order valence-corrected chi connectivity index (χ4v) is 2.90. The number of sulfonamides is 1. The topological polar surface area (TPSA) is 92.1 Å². The van der Waals surface area contributed by atoms with Crippen molar-refractivity contribution in [2.75, 3.05) is 7.05 Å². The summed E-state index contributed by atoms with van der Waals surface area (Å²) < 4.78 is 25.7. The van der Waals surface area contributed by atoms with Gasteiger partial charge in [-0.3, -0.25) is 5.10 Å².